The Kier molecular flexibility index (Phi) is 3.87. The van der Waals surface area contributed by atoms with E-state index in [-0.39, 0.29) is 18.4 Å². The molecule has 0 saturated heterocycles. The van der Waals surface area contributed by atoms with Gasteiger partial charge in [-0.25, -0.2) is 4.39 Å². The molecule has 0 unspecified atom stereocenters. The summed E-state index contributed by atoms with van der Waals surface area (Å²) in [6, 6.07) is 11.4. The molecule has 24 heavy (non-hydrogen) atoms. The van der Waals surface area contributed by atoms with Crippen LogP contribution in [0.3, 0.4) is 0 Å². The van der Waals surface area contributed by atoms with Crippen molar-refractivity contribution in [2.75, 3.05) is 16.8 Å². The molecule has 0 radical (unpaired) electrons. The first-order valence-corrected chi connectivity index (χ1v) is 7.77. The minimum atomic E-state index is -0.666. The standard InChI is InChI=1S/C19H19FN2O2/c1-12-7-8-16-15(9-12)19(2,3)18(24)22(16)11-17(23)21-14-6-4-5-13(20)10-14/h4-10H,11H2,1-3H3,(H,21,23). The molecule has 4 nitrogen and oxygen atoms in total. The van der Waals surface area contributed by atoms with E-state index in [0.29, 0.717) is 5.69 Å². The number of aryl methyl sites for hydroxylation is 1. The van der Waals surface area contributed by atoms with Crippen LogP contribution in [0.4, 0.5) is 15.8 Å². The topological polar surface area (TPSA) is 49.4 Å². The second-order valence-corrected chi connectivity index (χ2v) is 6.60. The Bertz CT molecular complexity index is 830. The van der Waals surface area contributed by atoms with Crippen LogP contribution < -0.4 is 10.2 Å². The summed E-state index contributed by atoms with van der Waals surface area (Å²) in [6.07, 6.45) is 0. The largest absolute Gasteiger partial charge is 0.324 e. The molecular weight excluding hydrogens is 307 g/mol. The van der Waals surface area contributed by atoms with Crippen LogP contribution in [0.1, 0.15) is 25.0 Å². The molecule has 0 aromatic heterocycles. The zero-order chi connectivity index (χ0) is 17.5. The van der Waals surface area contributed by atoms with Gasteiger partial charge in [0, 0.05) is 11.4 Å². The summed E-state index contributed by atoms with van der Waals surface area (Å²) in [5, 5.41) is 2.63. The molecule has 0 bridgehead atoms. The van der Waals surface area contributed by atoms with E-state index < -0.39 is 11.2 Å². The van der Waals surface area contributed by atoms with E-state index in [1.165, 1.54) is 23.1 Å². The van der Waals surface area contributed by atoms with Gasteiger partial charge >= 0.3 is 0 Å². The van der Waals surface area contributed by atoms with Crippen LogP contribution in [-0.2, 0) is 15.0 Å². The Hall–Kier alpha value is -2.69. The summed E-state index contributed by atoms with van der Waals surface area (Å²) in [4.78, 5) is 26.5. The van der Waals surface area contributed by atoms with Gasteiger partial charge in [-0.1, -0.05) is 23.8 Å². The Morgan fingerprint density at radius 1 is 1.21 bits per heavy atom. The second kappa shape index (κ2) is 5.74. The quantitative estimate of drug-likeness (QED) is 0.940. The van der Waals surface area contributed by atoms with Gasteiger partial charge in [-0.3, -0.25) is 9.59 Å². The van der Waals surface area contributed by atoms with Crippen LogP contribution in [0.2, 0.25) is 0 Å². The van der Waals surface area contributed by atoms with E-state index in [9.17, 15) is 14.0 Å². The van der Waals surface area contributed by atoms with Crippen molar-refractivity contribution >= 4 is 23.2 Å². The van der Waals surface area contributed by atoms with Crippen molar-refractivity contribution in [3.8, 4) is 0 Å². The predicted octanol–water partition coefficient (Wildman–Crippen LogP) is 3.40. The number of carbonyl (C=O) groups excluding carboxylic acids is 2. The molecule has 2 amide bonds. The zero-order valence-corrected chi connectivity index (χ0v) is 13.9. The molecule has 1 N–H and O–H groups in total. The third-order valence-corrected chi connectivity index (χ3v) is 4.31. The van der Waals surface area contributed by atoms with Crippen LogP contribution in [0.5, 0.6) is 0 Å². The normalized spacial score (nSPS) is 15.3. The van der Waals surface area contributed by atoms with Gasteiger partial charge in [-0.2, -0.15) is 0 Å². The monoisotopic (exact) mass is 326 g/mol. The molecule has 0 atom stereocenters. The van der Waals surface area contributed by atoms with Crippen LogP contribution >= 0.6 is 0 Å². The third kappa shape index (κ3) is 2.77. The highest BCUT2D eigenvalue weighted by Crippen LogP contribution is 2.41. The Balaban J connectivity index is 1.83. The lowest BCUT2D eigenvalue weighted by Gasteiger charge is -2.20. The first-order chi connectivity index (χ1) is 11.3. The summed E-state index contributed by atoms with van der Waals surface area (Å²) < 4.78 is 13.2. The molecule has 0 fully saturated rings. The summed E-state index contributed by atoms with van der Waals surface area (Å²) in [5.41, 5.74) is 2.45. The van der Waals surface area contributed by atoms with Crippen molar-refractivity contribution in [1.82, 2.24) is 0 Å². The van der Waals surface area contributed by atoms with E-state index in [1.807, 2.05) is 39.0 Å². The van der Waals surface area contributed by atoms with Gasteiger partial charge in [0.25, 0.3) is 0 Å². The number of anilines is 2. The van der Waals surface area contributed by atoms with Crippen molar-refractivity contribution in [2.24, 2.45) is 0 Å². The Morgan fingerprint density at radius 3 is 2.67 bits per heavy atom. The van der Waals surface area contributed by atoms with Gasteiger partial charge in [0.1, 0.15) is 12.4 Å². The van der Waals surface area contributed by atoms with E-state index in [1.54, 1.807) is 6.07 Å². The zero-order valence-electron chi connectivity index (χ0n) is 13.9. The van der Waals surface area contributed by atoms with Crippen molar-refractivity contribution < 1.29 is 14.0 Å². The fourth-order valence-corrected chi connectivity index (χ4v) is 3.02. The number of rotatable bonds is 3. The van der Waals surface area contributed by atoms with E-state index >= 15 is 0 Å². The lowest BCUT2D eigenvalue weighted by molar-refractivity contribution is -0.124. The van der Waals surface area contributed by atoms with Crippen LogP contribution in [0.15, 0.2) is 42.5 Å². The third-order valence-electron chi connectivity index (χ3n) is 4.31. The summed E-state index contributed by atoms with van der Waals surface area (Å²) in [6.45, 7) is 5.59. The number of nitrogens with one attached hydrogen (secondary N) is 1. The smallest absolute Gasteiger partial charge is 0.244 e. The molecule has 2 aromatic rings. The van der Waals surface area contributed by atoms with E-state index in [2.05, 4.69) is 5.32 Å². The molecule has 5 heteroatoms. The lowest BCUT2D eigenvalue weighted by atomic mass is 9.85. The highest BCUT2D eigenvalue weighted by atomic mass is 19.1. The van der Waals surface area contributed by atoms with E-state index in [0.717, 1.165) is 16.8 Å². The van der Waals surface area contributed by atoms with Gasteiger partial charge in [0.15, 0.2) is 0 Å². The van der Waals surface area contributed by atoms with Gasteiger partial charge in [0.2, 0.25) is 11.8 Å². The van der Waals surface area contributed by atoms with E-state index in [4.69, 9.17) is 0 Å². The van der Waals surface area contributed by atoms with Gasteiger partial charge in [0.05, 0.1) is 5.41 Å². The maximum absolute atomic E-state index is 13.2. The summed E-state index contributed by atoms with van der Waals surface area (Å²) in [5.74, 6) is -0.900. The maximum Gasteiger partial charge on any atom is 0.244 e. The second-order valence-electron chi connectivity index (χ2n) is 6.60. The fourth-order valence-electron chi connectivity index (χ4n) is 3.02. The number of nitrogens with zero attached hydrogens (tertiary/aromatic N) is 1. The highest BCUT2D eigenvalue weighted by Gasteiger charge is 2.44. The molecule has 1 aliphatic rings. The first-order valence-electron chi connectivity index (χ1n) is 7.77. The van der Waals surface area contributed by atoms with Gasteiger partial charge in [-0.05, 0) is 50.6 Å². The summed E-state index contributed by atoms with van der Waals surface area (Å²) >= 11 is 0. The number of hydrogen-bond acceptors (Lipinski definition) is 2. The lowest BCUT2D eigenvalue weighted by Crippen LogP contribution is -2.40. The number of halogens is 1. The highest BCUT2D eigenvalue weighted by molar-refractivity contribution is 6.11. The van der Waals surface area contributed by atoms with Crippen LogP contribution in [0, 0.1) is 12.7 Å². The molecular formula is C19H19FN2O2. The van der Waals surface area contributed by atoms with Gasteiger partial charge in [-0.15, -0.1) is 0 Å². The molecule has 124 valence electrons. The molecule has 0 saturated carbocycles. The molecule has 0 spiro atoms. The minimum Gasteiger partial charge on any atom is -0.324 e. The number of hydrogen-bond donors (Lipinski definition) is 1. The SMILES string of the molecule is Cc1ccc2c(c1)C(C)(C)C(=O)N2CC(=O)Nc1cccc(F)c1. The minimum absolute atomic E-state index is 0.102. The number of benzene rings is 2. The van der Waals surface area contributed by atoms with Crippen molar-refractivity contribution in [3.05, 3.63) is 59.4 Å². The predicted molar refractivity (Wildman–Crippen MR) is 91.6 cm³/mol. The van der Waals surface area contributed by atoms with Crippen LogP contribution in [0.25, 0.3) is 0 Å². The number of fused-ring (bicyclic) bond motifs is 1. The maximum atomic E-state index is 13.2. The van der Waals surface area contributed by atoms with Crippen molar-refractivity contribution in [2.45, 2.75) is 26.2 Å². The average molecular weight is 326 g/mol. The fraction of sp³-hybridized carbons (Fsp3) is 0.263. The van der Waals surface area contributed by atoms with Crippen molar-refractivity contribution in [3.63, 3.8) is 0 Å². The number of amides is 2. The Labute approximate surface area is 140 Å². The molecule has 0 aliphatic carbocycles. The average Bonchev–Trinajstić information content (AvgIpc) is 2.68. The summed E-state index contributed by atoms with van der Waals surface area (Å²) in [7, 11) is 0. The molecule has 1 heterocycles. The van der Waals surface area contributed by atoms with Crippen LogP contribution in [-0.4, -0.2) is 18.4 Å². The molecule has 3 rings (SSSR count). The van der Waals surface area contributed by atoms with Gasteiger partial charge < -0.3 is 10.2 Å². The molecule has 1 aliphatic heterocycles. The van der Waals surface area contributed by atoms with Crippen molar-refractivity contribution in [1.29, 1.82) is 0 Å². The Morgan fingerprint density at radius 2 is 1.96 bits per heavy atom. The number of carbonyl (C=O) groups is 2. The first kappa shape index (κ1) is 16.2. The molecule has 2 aromatic carbocycles.